The third kappa shape index (κ3) is 4.30. The molecule has 0 spiro atoms. The van der Waals surface area contributed by atoms with Crippen LogP contribution in [0.3, 0.4) is 0 Å². The molecule has 152 valence electrons. The van der Waals surface area contributed by atoms with Crippen molar-refractivity contribution in [1.29, 1.82) is 0 Å². The van der Waals surface area contributed by atoms with E-state index in [0.717, 1.165) is 29.6 Å². The second kappa shape index (κ2) is 9.00. The van der Waals surface area contributed by atoms with Gasteiger partial charge in [0, 0.05) is 23.7 Å². The predicted molar refractivity (Wildman–Crippen MR) is 122 cm³/mol. The van der Waals surface area contributed by atoms with Crippen molar-refractivity contribution in [2.24, 2.45) is 0 Å². The SMILES string of the molecule is CCC(Cc1cn(-c2ccccc2)c2ccc(CCC(=O)O)cc12)c1ccccc1. The van der Waals surface area contributed by atoms with Gasteiger partial charge in [-0.2, -0.15) is 0 Å². The normalized spacial score (nSPS) is 12.2. The highest BCUT2D eigenvalue weighted by molar-refractivity contribution is 5.86. The molecule has 3 heteroatoms. The minimum atomic E-state index is -0.757. The highest BCUT2D eigenvalue weighted by atomic mass is 16.4. The monoisotopic (exact) mass is 397 g/mol. The number of benzene rings is 3. The average Bonchev–Trinajstić information content (AvgIpc) is 3.15. The van der Waals surface area contributed by atoms with E-state index in [0.29, 0.717) is 12.3 Å². The lowest BCUT2D eigenvalue weighted by atomic mass is 9.89. The van der Waals surface area contributed by atoms with Crippen molar-refractivity contribution in [2.75, 3.05) is 0 Å². The summed E-state index contributed by atoms with van der Waals surface area (Å²) >= 11 is 0. The fourth-order valence-corrected chi connectivity index (χ4v) is 4.21. The molecule has 0 aliphatic carbocycles. The third-order valence-electron chi connectivity index (χ3n) is 5.84. The van der Waals surface area contributed by atoms with E-state index in [2.05, 4.69) is 90.5 Å². The fraction of sp³-hybridized carbons (Fsp3) is 0.222. The fourth-order valence-electron chi connectivity index (χ4n) is 4.21. The van der Waals surface area contributed by atoms with Crippen LogP contribution in [0.5, 0.6) is 0 Å². The molecule has 0 bridgehead atoms. The number of para-hydroxylation sites is 1. The van der Waals surface area contributed by atoms with Crippen molar-refractivity contribution in [3.8, 4) is 5.69 Å². The topological polar surface area (TPSA) is 42.2 Å². The van der Waals surface area contributed by atoms with E-state index in [4.69, 9.17) is 5.11 Å². The smallest absolute Gasteiger partial charge is 0.303 e. The number of hydrogen-bond acceptors (Lipinski definition) is 1. The Bertz CT molecular complexity index is 1130. The van der Waals surface area contributed by atoms with E-state index in [-0.39, 0.29) is 6.42 Å². The van der Waals surface area contributed by atoms with Gasteiger partial charge in [-0.05, 0) is 66.1 Å². The van der Waals surface area contributed by atoms with Crippen molar-refractivity contribution < 1.29 is 9.90 Å². The first-order valence-electron chi connectivity index (χ1n) is 10.6. The molecule has 4 rings (SSSR count). The third-order valence-corrected chi connectivity index (χ3v) is 5.84. The van der Waals surface area contributed by atoms with Crippen LogP contribution < -0.4 is 0 Å². The van der Waals surface area contributed by atoms with Gasteiger partial charge in [-0.1, -0.05) is 61.5 Å². The number of rotatable bonds is 8. The van der Waals surface area contributed by atoms with Gasteiger partial charge in [0.1, 0.15) is 0 Å². The molecular weight excluding hydrogens is 370 g/mol. The number of carbonyl (C=O) groups is 1. The first-order valence-corrected chi connectivity index (χ1v) is 10.6. The Morgan fingerprint density at radius 1 is 0.967 bits per heavy atom. The van der Waals surface area contributed by atoms with Gasteiger partial charge >= 0.3 is 5.97 Å². The Morgan fingerprint density at radius 3 is 2.33 bits per heavy atom. The zero-order valence-corrected chi connectivity index (χ0v) is 17.3. The molecule has 0 aliphatic rings. The van der Waals surface area contributed by atoms with Crippen LogP contribution in [0.2, 0.25) is 0 Å². The minimum Gasteiger partial charge on any atom is -0.481 e. The molecule has 0 radical (unpaired) electrons. The Balaban J connectivity index is 1.78. The van der Waals surface area contributed by atoms with Gasteiger partial charge in [-0.25, -0.2) is 0 Å². The van der Waals surface area contributed by atoms with E-state index in [1.807, 2.05) is 6.07 Å². The van der Waals surface area contributed by atoms with Crippen LogP contribution in [0.25, 0.3) is 16.6 Å². The number of carboxylic acid groups (broad SMARTS) is 1. The van der Waals surface area contributed by atoms with Crippen LogP contribution in [-0.2, 0) is 17.6 Å². The summed E-state index contributed by atoms with van der Waals surface area (Å²) in [7, 11) is 0. The first kappa shape index (κ1) is 20.0. The summed E-state index contributed by atoms with van der Waals surface area (Å²) in [6.45, 7) is 2.24. The number of fused-ring (bicyclic) bond motifs is 1. The second-order valence-electron chi connectivity index (χ2n) is 7.83. The number of hydrogen-bond donors (Lipinski definition) is 1. The lowest BCUT2D eigenvalue weighted by Crippen LogP contribution is -2.01. The molecule has 0 aliphatic heterocycles. The van der Waals surface area contributed by atoms with Gasteiger partial charge in [0.2, 0.25) is 0 Å². The second-order valence-corrected chi connectivity index (χ2v) is 7.83. The van der Waals surface area contributed by atoms with E-state index < -0.39 is 5.97 Å². The number of aromatic nitrogens is 1. The Morgan fingerprint density at radius 2 is 1.67 bits per heavy atom. The van der Waals surface area contributed by atoms with Crippen LogP contribution in [0.1, 0.15) is 42.4 Å². The molecule has 1 atom stereocenters. The zero-order chi connectivity index (χ0) is 20.9. The van der Waals surface area contributed by atoms with E-state index in [1.165, 1.54) is 16.5 Å². The molecule has 1 aromatic heterocycles. The van der Waals surface area contributed by atoms with Gasteiger partial charge in [0.05, 0.1) is 5.52 Å². The zero-order valence-electron chi connectivity index (χ0n) is 17.3. The molecule has 0 saturated carbocycles. The van der Waals surface area contributed by atoms with Crippen molar-refractivity contribution in [3.63, 3.8) is 0 Å². The Hall–Kier alpha value is -3.33. The van der Waals surface area contributed by atoms with Gasteiger partial charge in [-0.15, -0.1) is 0 Å². The van der Waals surface area contributed by atoms with Crippen LogP contribution in [0.15, 0.2) is 85.1 Å². The van der Waals surface area contributed by atoms with Crippen molar-refractivity contribution >= 4 is 16.9 Å². The predicted octanol–water partition coefficient (Wildman–Crippen LogP) is 6.38. The standard InChI is InChI=1S/C27H27NO2/c1-2-21(22-9-5-3-6-10-22)18-23-19-28(24-11-7-4-8-12-24)26-15-13-20(17-25(23)26)14-16-27(29)30/h3-13,15,17,19,21H,2,14,16,18H2,1H3,(H,29,30). The number of carboxylic acids is 1. The molecule has 1 N–H and O–H groups in total. The van der Waals surface area contributed by atoms with Crippen LogP contribution >= 0.6 is 0 Å². The average molecular weight is 398 g/mol. The summed E-state index contributed by atoms with van der Waals surface area (Å²) in [5.74, 6) is -0.309. The molecule has 4 aromatic rings. The van der Waals surface area contributed by atoms with Gasteiger partial charge in [0.25, 0.3) is 0 Å². The summed E-state index contributed by atoms with van der Waals surface area (Å²) in [5, 5.41) is 10.3. The molecule has 1 heterocycles. The summed E-state index contributed by atoms with van der Waals surface area (Å²) in [6.07, 6.45) is 4.99. The van der Waals surface area contributed by atoms with Gasteiger partial charge < -0.3 is 9.67 Å². The maximum Gasteiger partial charge on any atom is 0.303 e. The lowest BCUT2D eigenvalue weighted by molar-refractivity contribution is -0.136. The quantitative estimate of drug-likeness (QED) is 0.375. The highest BCUT2D eigenvalue weighted by Gasteiger charge is 2.16. The molecular formula is C27H27NO2. The van der Waals surface area contributed by atoms with Crippen LogP contribution in [-0.4, -0.2) is 15.6 Å². The van der Waals surface area contributed by atoms with Gasteiger partial charge in [-0.3, -0.25) is 4.79 Å². The largest absolute Gasteiger partial charge is 0.481 e. The van der Waals surface area contributed by atoms with Gasteiger partial charge in [0.15, 0.2) is 0 Å². The van der Waals surface area contributed by atoms with Crippen LogP contribution in [0, 0.1) is 0 Å². The number of nitrogens with zero attached hydrogens (tertiary/aromatic N) is 1. The summed E-state index contributed by atoms with van der Waals surface area (Å²) < 4.78 is 2.25. The van der Waals surface area contributed by atoms with E-state index in [1.54, 1.807) is 0 Å². The molecule has 0 fully saturated rings. The molecule has 0 amide bonds. The summed E-state index contributed by atoms with van der Waals surface area (Å²) in [4.78, 5) is 11.0. The van der Waals surface area contributed by atoms with Crippen molar-refractivity contribution in [1.82, 2.24) is 4.57 Å². The summed E-state index contributed by atoms with van der Waals surface area (Å²) in [5.41, 5.74) is 6.05. The van der Waals surface area contributed by atoms with Crippen molar-refractivity contribution in [2.45, 2.75) is 38.5 Å². The number of aryl methyl sites for hydroxylation is 1. The molecule has 3 aromatic carbocycles. The lowest BCUT2D eigenvalue weighted by Gasteiger charge is -2.15. The Kier molecular flexibility index (Phi) is 5.99. The Labute approximate surface area is 177 Å². The van der Waals surface area contributed by atoms with E-state index in [9.17, 15) is 4.79 Å². The molecule has 30 heavy (non-hydrogen) atoms. The maximum absolute atomic E-state index is 11.0. The maximum atomic E-state index is 11.0. The molecule has 1 unspecified atom stereocenters. The molecule has 0 saturated heterocycles. The number of aliphatic carboxylic acids is 1. The van der Waals surface area contributed by atoms with Crippen LogP contribution in [0.4, 0.5) is 0 Å². The first-order chi connectivity index (χ1) is 14.7. The minimum absolute atomic E-state index is 0.155. The van der Waals surface area contributed by atoms with Crippen molar-refractivity contribution in [3.05, 3.63) is 102 Å². The molecule has 3 nitrogen and oxygen atoms in total. The highest BCUT2D eigenvalue weighted by Crippen LogP contribution is 2.32. The van der Waals surface area contributed by atoms with E-state index >= 15 is 0 Å². The summed E-state index contributed by atoms with van der Waals surface area (Å²) in [6, 6.07) is 27.5.